The molecule has 0 bridgehead atoms. The van der Waals surface area contributed by atoms with Crippen molar-refractivity contribution in [3.63, 3.8) is 0 Å². The number of thioether (sulfide) groups is 1. The average molecular weight is 315 g/mol. The molecule has 1 aromatic carbocycles. The first kappa shape index (κ1) is 15.8. The minimum absolute atomic E-state index is 0.0507. The molecule has 1 aliphatic rings. The summed E-state index contributed by atoms with van der Waals surface area (Å²) in [6.45, 7) is 6.87. The highest BCUT2D eigenvalue weighted by atomic mass is 32.2. The van der Waals surface area contributed by atoms with Gasteiger partial charge in [0.25, 0.3) is 0 Å². The zero-order valence-corrected chi connectivity index (χ0v) is 13.7. The molecule has 1 saturated heterocycles. The maximum Gasteiger partial charge on any atom is 0.243 e. The lowest BCUT2D eigenvalue weighted by Crippen LogP contribution is -2.46. The van der Waals surface area contributed by atoms with Gasteiger partial charge in [-0.3, -0.25) is 0 Å². The molecule has 4 nitrogen and oxygen atoms in total. The first-order chi connectivity index (χ1) is 9.22. The van der Waals surface area contributed by atoms with Crippen LogP contribution in [0.25, 0.3) is 0 Å². The van der Waals surface area contributed by atoms with Crippen LogP contribution in [0.1, 0.15) is 32.4 Å². The van der Waals surface area contributed by atoms with Crippen molar-refractivity contribution in [2.75, 3.05) is 18.8 Å². The lowest BCUT2D eigenvalue weighted by Gasteiger charge is -2.36. The molecule has 0 aromatic heterocycles. The van der Waals surface area contributed by atoms with E-state index in [1.165, 1.54) is 0 Å². The van der Waals surface area contributed by atoms with Crippen molar-refractivity contribution in [3.05, 3.63) is 29.8 Å². The normalized spacial score (nSPS) is 21.6. The zero-order chi connectivity index (χ0) is 15.0. The van der Waals surface area contributed by atoms with Crippen molar-refractivity contribution < 1.29 is 13.5 Å². The number of hydrogen-bond acceptors (Lipinski definition) is 4. The summed E-state index contributed by atoms with van der Waals surface area (Å²) in [6.07, 6.45) is -0.586. The van der Waals surface area contributed by atoms with Gasteiger partial charge in [0.2, 0.25) is 10.0 Å². The third-order valence-corrected chi connectivity index (χ3v) is 6.55. The molecule has 0 spiro atoms. The molecule has 20 heavy (non-hydrogen) atoms. The van der Waals surface area contributed by atoms with Crippen LogP contribution in [0.2, 0.25) is 0 Å². The second-order valence-electron chi connectivity index (χ2n) is 5.69. The van der Waals surface area contributed by atoms with Crippen LogP contribution in [0, 0.1) is 0 Å². The van der Waals surface area contributed by atoms with E-state index in [9.17, 15) is 13.5 Å². The van der Waals surface area contributed by atoms with E-state index >= 15 is 0 Å². The molecule has 1 fully saturated rings. The van der Waals surface area contributed by atoms with Crippen molar-refractivity contribution in [1.29, 1.82) is 0 Å². The van der Waals surface area contributed by atoms with Gasteiger partial charge >= 0.3 is 0 Å². The average Bonchev–Trinajstić information content (AvgIpc) is 2.37. The molecule has 0 amide bonds. The van der Waals surface area contributed by atoms with Gasteiger partial charge in [0, 0.05) is 23.6 Å². The Morgan fingerprint density at radius 2 is 1.90 bits per heavy atom. The van der Waals surface area contributed by atoms with Crippen LogP contribution in [0.5, 0.6) is 0 Å². The Bertz CT molecular complexity index is 565. The lowest BCUT2D eigenvalue weighted by molar-refractivity contribution is 0.199. The van der Waals surface area contributed by atoms with Crippen molar-refractivity contribution >= 4 is 21.8 Å². The molecule has 1 aromatic rings. The van der Waals surface area contributed by atoms with Crippen molar-refractivity contribution in [3.8, 4) is 0 Å². The van der Waals surface area contributed by atoms with Crippen LogP contribution in [0.15, 0.2) is 29.2 Å². The SMILES string of the molecule is CC(O)c1ccc(S(=O)(=O)N2CCSC(C)(C)C2)cc1. The predicted octanol–water partition coefficient (Wildman–Crippen LogP) is 2.26. The van der Waals surface area contributed by atoms with Gasteiger partial charge in [-0.25, -0.2) is 8.42 Å². The quantitative estimate of drug-likeness (QED) is 0.929. The number of aliphatic hydroxyl groups is 1. The standard InChI is InChI=1S/C14H21NO3S2/c1-11(16)12-4-6-13(7-5-12)20(17,18)15-8-9-19-14(2,3)10-15/h4-7,11,16H,8-10H2,1-3H3. The topological polar surface area (TPSA) is 57.6 Å². The van der Waals surface area contributed by atoms with E-state index in [-0.39, 0.29) is 4.75 Å². The lowest BCUT2D eigenvalue weighted by atomic mass is 10.1. The molecular formula is C14H21NO3S2. The molecule has 2 rings (SSSR count). The minimum Gasteiger partial charge on any atom is -0.389 e. The number of rotatable bonds is 3. The van der Waals surface area contributed by atoms with Gasteiger partial charge in [-0.05, 0) is 38.5 Å². The Morgan fingerprint density at radius 1 is 1.30 bits per heavy atom. The first-order valence-electron chi connectivity index (χ1n) is 6.64. The van der Waals surface area contributed by atoms with E-state index < -0.39 is 16.1 Å². The number of benzene rings is 1. The molecule has 0 saturated carbocycles. The highest BCUT2D eigenvalue weighted by molar-refractivity contribution is 8.00. The summed E-state index contributed by atoms with van der Waals surface area (Å²) >= 11 is 1.80. The maximum atomic E-state index is 12.6. The molecule has 1 unspecified atom stereocenters. The summed E-state index contributed by atoms with van der Waals surface area (Å²) in [5.74, 6) is 0.817. The molecular weight excluding hydrogens is 294 g/mol. The fourth-order valence-corrected chi connectivity index (χ4v) is 5.16. The van der Waals surface area contributed by atoms with Gasteiger partial charge in [0.15, 0.2) is 0 Å². The van der Waals surface area contributed by atoms with Crippen molar-refractivity contribution in [2.24, 2.45) is 0 Å². The summed E-state index contributed by atoms with van der Waals surface area (Å²) < 4.78 is 26.7. The van der Waals surface area contributed by atoms with Crippen molar-refractivity contribution in [2.45, 2.75) is 36.5 Å². The molecule has 6 heteroatoms. The van der Waals surface area contributed by atoms with Crippen LogP contribution in [0.4, 0.5) is 0 Å². The van der Waals surface area contributed by atoms with E-state index in [2.05, 4.69) is 13.8 Å². The van der Waals surface area contributed by atoms with Gasteiger partial charge in [0.05, 0.1) is 11.0 Å². The van der Waals surface area contributed by atoms with Gasteiger partial charge in [-0.15, -0.1) is 0 Å². The highest BCUT2D eigenvalue weighted by Crippen LogP contribution is 2.32. The summed E-state index contributed by atoms with van der Waals surface area (Å²) in [5.41, 5.74) is 0.721. The van der Waals surface area contributed by atoms with E-state index in [0.717, 1.165) is 11.3 Å². The largest absolute Gasteiger partial charge is 0.389 e. The number of nitrogens with zero attached hydrogens (tertiary/aromatic N) is 1. The fourth-order valence-electron chi connectivity index (χ4n) is 2.25. The number of sulfonamides is 1. The van der Waals surface area contributed by atoms with E-state index in [1.54, 1.807) is 47.3 Å². The van der Waals surface area contributed by atoms with E-state index in [1.807, 2.05) is 0 Å². The first-order valence-corrected chi connectivity index (χ1v) is 9.07. The number of hydrogen-bond donors (Lipinski definition) is 1. The van der Waals surface area contributed by atoms with Gasteiger partial charge in [0.1, 0.15) is 0 Å². The second-order valence-corrected chi connectivity index (χ2v) is 9.43. The monoisotopic (exact) mass is 315 g/mol. The van der Waals surface area contributed by atoms with E-state index in [0.29, 0.717) is 18.0 Å². The Hall–Kier alpha value is -0.560. The van der Waals surface area contributed by atoms with Crippen LogP contribution in [-0.4, -0.2) is 41.4 Å². The zero-order valence-electron chi connectivity index (χ0n) is 12.0. The highest BCUT2D eigenvalue weighted by Gasteiger charge is 2.34. The fraction of sp³-hybridized carbons (Fsp3) is 0.571. The van der Waals surface area contributed by atoms with Gasteiger partial charge in [-0.1, -0.05) is 12.1 Å². The maximum absolute atomic E-state index is 12.6. The summed E-state index contributed by atoms with van der Waals surface area (Å²) in [6, 6.07) is 6.49. The Morgan fingerprint density at radius 3 is 2.40 bits per heavy atom. The Balaban J connectivity index is 2.26. The molecule has 112 valence electrons. The molecule has 1 aliphatic heterocycles. The molecule has 1 N–H and O–H groups in total. The van der Waals surface area contributed by atoms with Crippen LogP contribution in [0.3, 0.4) is 0 Å². The third-order valence-electron chi connectivity index (χ3n) is 3.39. The smallest absolute Gasteiger partial charge is 0.243 e. The molecule has 0 aliphatic carbocycles. The predicted molar refractivity (Wildman–Crippen MR) is 82.4 cm³/mol. The van der Waals surface area contributed by atoms with Crippen LogP contribution >= 0.6 is 11.8 Å². The second kappa shape index (κ2) is 5.67. The van der Waals surface area contributed by atoms with Crippen molar-refractivity contribution in [1.82, 2.24) is 4.31 Å². The number of aliphatic hydroxyl groups excluding tert-OH is 1. The Kier molecular flexibility index (Phi) is 4.49. The molecule has 1 atom stereocenters. The third kappa shape index (κ3) is 3.36. The Labute approximate surface area is 125 Å². The van der Waals surface area contributed by atoms with E-state index in [4.69, 9.17) is 0 Å². The summed E-state index contributed by atoms with van der Waals surface area (Å²) in [7, 11) is -3.44. The molecule has 1 heterocycles. The van der Waals surface area contributed by atoms with Crippen LogP contribution in [-0.2, 0) is 10.0 Å². The minimum atomic E-state index is -3.44. The van der Waals surface area contributed by atoms with Gasteiger partial charge < -0.3 is 5.11 Å². The van der Waals surface area contributed by atoms with Crippen LogP contribution < -0.4 is 0 Å². The molecule has 0 radical (unpaired) electrons. The summed E-state index contributed by atoms with van der Waals surface area (Å²) in [4.78, 5) is 0.296. The van der Waals surface area contributed by atoms with Gasteiger partial charge in [-0.2, -0.15) is 16.1 Å². The summed E-state index contributed by atoms with van der Waals surface area (Å²) in [5, 5.41) is 9.47.